The fourth-order valence-electron chi connectivity index (χ4n) is 2.78. The van der Waals surface area contributed by atoms with Crippen molar-refractivity contribution in [3.05, 3.63) is 18.5 Å². The zero-order chi connectivity index (χ0) is 16.2. The highest BCUT2D eigenvalue weighted by Crippen LogP contribution is 2.12. The minimum Gasteiger partial charge on any atom is -0.345 e. The van der Waals surface area contributed by atoms with Gasteiger partial charge in [0.05, 0.1) is 6.20 Å². The monoisotopic (exact) mass is 316 g/mol. The Hall–Kier alpha value is -2.64. The van der Waals surface area contributed by atoms with Gasteiger partial charge in [0.2, 0.25) is 5.91 Å². The van der Waals surface area contributed by atoms with Crippen LogP contribution in [-0.2, 0) is 4.79 Å². The molecule has 3 heterocycles. The molecule has 3 N–H and O–H groups in total. The van der Waals surface area contributed by atoms with E-state index in [0.717, 1.165) is 25.8 Å². The maximum atomic E-state index is 12.1. The van der Waals surface area contributed by atoms with Crippen LogP contribution in [0.3, 0.4) is 0 Å². The predicted molar refractivity (Wildman–Crippen MR) is 85.9 cm³/mol. The van der Waals surface area contributed by atoms with Crippen molar-refractivity contribution in [1.29, 1.82) is 0 Å². The van der Waals surface area contributed by atoms with Crippen molar-refractivity contribution >= 4 is 28.9 Å². The van der Waals surface area contributed by atoms with E-state index >= 15 is 0 Å². The first kappa shape index (κ1) is 15.3. The number of H-pyrrole nitrogens is 1. The number of nitrogens with one attached hydrogen (secondary N) is 3. The number of anilines is 1. The number of hydrogen-bond donors (Lipinski definition) is 3. The van der Waals surface area contributed by atoms with Crippen LogP contribution < -0.4 is 10.6 Å². The number of aromatic nitrogens is 3. The van der Waals surface area contributed by atoms with Gasteiger partial charge in [-0.25, -0.2) is 14.8 Å². The van der Waals surface area contributed by atoms with Crippen LogP contribution in [0.15, 0.2) is 18.5 Å². The lowest BCUT2D eigenvalue weighted by Crippen LogP contribution is -2.39. The Labute approximate surface area is 133 Å². The minimum atomic E-state index is -0.296. The number of rotatable bonds is 2. The molecular weight excluding hydrogens is 296 g/mol. The maximum absolute atomic E-state index is 12.1. The summed E-state index contributed by atoms with van der Waals surface area (Å²) in [5, 5.41) is 5.65. The molecule has 0 spiro atoms. The molecule has 3 amide bonds. The van der Waals surface area contributed by atoms with Gasteiger partial charge in [0, 0.05) is 32.3 Å². The van der Waals surface area contributed by atoms with Crippen molar-refractivity contribution in [1.82, 2.24) is 25.2 Å². The molecule has 0 radical (unpaired) electrons. The van der Waals surface area contributed by atoms with E-state index in [1.807, 2.05) is 4.90 Å². The molecule has 8 heteroatoms. The highest BCUT2D eigenvalue weighted by Gasteiger charge is 2.20. The second-order valence-corrected chi connectivity index (χ2v) is 5.70. The molecule has 1 fully saturated rings. The second-order valence-electron chi connectivity index (χ2n) is 5.70. The molecule has 1 saturated heterocycles. The summed E-state index contributed by atoms with van der Waals surface area (Å²) in [5.41, 5.74) is 1.39. The lowest BCUT2D eigenvalue weighted by Gasteiger charge is -2.19. The number of urea groups is 1. The first-order valence-corrected chi connectivity index (χ1v) is 7.75. The molecule has 1 atom stereocenters. The molecule has 3 rings (SSSR count). The summed E-state index contributed by atoms with van der Waals surface area (Å²) in [5.74, 6) is 0.499. The number of carbonyl (C=O) groups is 2. The van der Waals surface area contributed by atoms with Crippen molar-refractivity contribution in [2.75, 3.05) is 18.4 Å². The summed E-state index contributed by atoms with van der Waals surface area (Å²) in [6.45, 7) is 3.01. The zero-order valence-corrected chi connectivity index (χ0v) is 13.0. The third kappa shape index (κ3) is 3.77. The normalized spacial score (nSPS) is 18.5. The Kier molecular flexibility index (Phi) is 4.40. The first-order chi connectivity index (χ1) is 11.1. The highest BCUT2D eigenvalue weighted by molar-refractivity contribution is 5.89. The molecule has 1 unspecified atom stereocenters. The van der Waals surface area contributed by atoms with Crippen LogP contribution in [0.2, 0.25) is 0 Å². The maximum Gasteiger partial charge on any atom is 0.320 e. The average molecular weight is 316 g/mol. The third-order valence-electron chi connectivity index (χ3n) is 4.01. The SMILES string of the molecule is CC(=O)N1CCCC(NC(=O)Nc2cnc3[nH]ccc3n2)CC1. The van der Waals surface area contributed by atoms with E-state index in [-0.39, 0.29) is 18.0 Å². The van der Waals surface area contributed by atoms with E-state index in [2.05, 4.69) is 25.6 Å². The van der Waals surface area contributed by atoms with E-state index in [4.69, 9.17) is 0 Å². The van der Waals surface area contributed by atoms with Crippen LogP contribution in [0.4, 0.5) is 10.6 Å². The quantitative estimate of drug-likeness (QED) is 0.780. The molecule has 122 valence electrons. The van der Waals surface area contributed by atoms with Gasteiger partial charge in [-0.2, -0.15) is 0 Å². The van der Waals surface area contributed by atoms with Crippen molar-refractivity contribution in [2.45, 2.75) is 32.2 Å². The fraction of sp³-hybridized carbons (Fsp3) is 0.467. The van der Waals surface area contributed by atoms with Crippen LogP contribution in [0.25, 0.3) is 11.2 Å². The van der Waals surface area contributed by atoms with Gasteiger partial charge in [0.25, 0.3) is 0 Å². The number of hydrogen-bond acceptors (Lipinski definition) is 4. The van der Waals surface area contributed by atoms with E-state index < -0.39 is 0 Å². The molecule has 8 nitrogen and oxygen atoms in total. The summed E-state index contributed by atoms with van der Waals surface area (Å²) >= 11 is 0. The Bertz CT molecular complexity index is 713. The van der Waals surface area contributed by atoms with Gasteiger partial charge >= 0.3 is 6.03 Å². The number of amides is 3. The first-order valence-electron chi connectivity index (χ1n) is 7.75. The summed E-state index contributed by atoms with van der Waals surface area (Å²) in [7, 11) is 0. The molecule has 0 aliphatic carbocycles. The average Bonchev–Trinajstić information content (AvgIpc) is 2.84. The standard InChI is InChI=1S/C15H20N6O2/c1-10(22)21-7-2-3-11(5-8-21)18-15(23)20-13-9-17-14-12(19-13)4-6-16-14/h4,6,9,11H,2-3,5,7-8H2,1H3,(H,16,17)(H2,18,19,20,23). The largest absolute Gasteiger partial charge is 0.345 e. The van der Waals surface area contributed by atoms with Crippen molar-refractivity contribution in [3.63, 3.8) is 0 Å². The van der Waals surface area contributed by atoms with Gasteiger partial charge in [0.15, 0.2) is 11.5 Å². The lowest BCUT2D eigenvalue weighted by molar-refractivity contribution is -0.128. The topological polar surface area (TPSA) is 103 Å². The van der Waals surface area contributed by atoms with Crippen LogP contribution in [-0.4, -0.2) is 50.9 Å². The molecule has 1 aliphatic rings. The van der Waals surface area contributed by atoms with Gasteiger partial charge in [-0.15, -0.1) is 0 Å². The molecule has 0 saturated carbocycles. The molecule has 23 heavy (non-hydrogen) atoms. The van der Waals surface area contributed by atoms with Crippen molar-refractivity contribution < 1.29 is 9.59 Å². The zero-order valence-electron chi connectivity index (χ0n) is 13.0. The Morgan fingerprint density at radius 2 is 2.22 bits per heavy atom. The predicted octanol–water partition coefficient (Wildman–Crippen LogP) is 1.48. The molecule has 2 aromatic rings. The Morgan fingerprint density at radius 3 is 3.04 bits per heavy atom. The van der Waals surface area contributed by atoms with Crippen LogP contribution in [0, 0.1) is 0 Å². The van der Waals surface area contributed by atoms with Crippen LogP contribution in [0.1, 0.15) is 26.2 Å². The fourth-order valence-corrected chi connectivity index (χ4v) is 2.78. The summed E-state index contributed by atoms with van der Waals surface area (Å²) in [4.78, 5) is 36.8. The number of likely N-dealkylation sites (tertiary alicyclic amines) is 1. The van der Waals surface area contributed by atoms with Gasteiger partial charge in [-0.3, -0.25) is 10.1 Å². The molecule has 1 aliphatic heterocycles. The smallest absolute Gasteiger partial charge is 0.320 e. The Balaban J connectivity index is 1.55. The van der Waals surface area contributed by atoms with Gasteiger partial charge < -0.3 is 15.2 Å². The molecular formula is C15H20N6O2. The summed E-state index contributed by atoms with van der Waals surface area (Å²) in [6, 6.07) is 1.56. The second kappa shape index (κ2) is 6.64. The Morgan fingerprint density at radius 1 is 1.35 bits per heavy atom. The van der Waals surface area contributed by atoms with E-state index in [9.17, 15) is 9.59 Å². The van der Waals surface area contributed by atoms with Gasteiger partial charge in [-0.1, -0.05) is 0 Å². The molecule has 0 aromatic carbocycles. The molecule has 2 aromatic heterocycles. The minimum absolute atomic E-state index is 0.0586. The lowest BCUT2D eigenvalue weighted by atomic mass is 10.1. The van der Waals surface area contributed by atoms with Gasteiger partial charge in [0.1, 0.15) is 5.52 Å². The van der Waals surface area contributed by atoms with Crippen LogP contribution in [0.5, 0.6) is 0 Å². The van der Waals surface area contributed by atoms with Gasteiger partial charge in [-0.05, 0) is 25.3 Å². The number of carbonyl (C=O) groups excluding carboxylic acids is 2. The molecule has 0 bridgehead atoms. The van der Waals surface area contributed by atoms with E-state index in [0.29, 0.717) is 23.5 Å². The van der Waals surface area contributed by atoms with Crippen molar-refractivity contribution in [3.8, 4) is 0 Å². The van der Waals surface area contributed by atoms with E-state index in [1.165, 1.54) is 6.20 Å². The summed E-state index contributed by atoms with van der Waals surface area (Å²) < 4.78 is 0. The summed E-state index contributed by atoms with van der Waals surface area (Å²) in [6.07, 6.45) is 5.78. The van der Waals surface area contributed by atoms with E-state index in [1.54, 1.807) is 19.2 Å². The number of nitrogens with zero attached hydrogens (tertiary/aromatic N) is 3. The van der Waals surface area contributed by atoms with Crippen molar-refractivity contribution in [2.24, 2.45) is 0 Å². The number of aromatic amines is 1. The van der Waals surface area contributed by atoms with Crippen LogP contribution >= 0.6 is 0 Å². The highest BCUT2D eigenvalue weighted by atomic mass is 16.2. The number of fused-ring (bicyclic) bond motifs is 1. The third-order valence-corrected chi connectivity index (χ3v) is 4.01.